The van der Waals surface area contributed by atoms with E-state index in [0.717, 1.165) is 0 Å². The number of nitrogens with one attached hydrogen (secondary N) is 2. The highest BCUT2D eigenvalue weighted by Gasteiger charge is 2.34. The van der Waals surface area contributed by atoms with Gasteiger partial charge < -0.3 is 15.0 Å². The summed E-state index contributed by atoms with van der Waals surface area (Å²) in [6.07, 6.45) is 0.155. The zero-order valence-electron chi connectivity index (χ0n) is 13.8. The third kappa shape index (κ3) is 5.51. The fourth-order valence-electron chi connectivity index (χ4n) is 2.25. The number of carbonyl (C=O) groups is 3. The van der Waals surface area contributed by atoms with Gasteiger partial charge in [-0.3, -0.25) is 14.4 Å². The van der Waals surface area contributed by atoms with E-state index in [-0.39, 0.29) is 18.2 Å². The average molecular weight is 315 g/mol. The minimum Gasteiger partial charge on any atom is -0.444 e. The normalized spacial score (nSPS) is 19.8. The molecule has 0 aliphatic carbocycles. The first-order valence-corrected chi connectivity index (χ1v) is 7.21. The minimum atomic E-state index is -0.893. The number of nitrogens with zero attached hydrogens (tertiary/aromatic N) is 1. The molecule has 0 aromatic rings. The molecule has 8 heteroatoms. The third-order valence-electron chi connectivity index (χ3n) is 3.27. The zero-order valence-corrected chi connectivity index (χ0v) is 13.8. The molecular formula is C14H25N3O5. The molecule has 0 spiro atoms. The van der Waals surface area contributed by atoms with Crippen molar-refractivity contribution in [2.24, 2.45) is 5.92 Å². The van der Waals surface area contributed by atoms with Crippen LogP contribution in [0.25, 0.3) is 0 Å². The van der Waals surface area contributed by atoms with E-state index < -0.39 is 23.6 Å². The lowest BCUT2D eigenvalue weighted by Gasteiger charge is -2.24. The lowest BCUT2D eigenvalue weighted by Crippen LogP contribution is -2.49. The molecule has 0 saturated carbocycles. The molecule has 3 amide bonds. The molecule has 1 rings (SSSR count). The fourth-order valence-corrected chi connectivity index (χ4v) is 2.25. The summed E-state index contributed by atoms with van der Waals surface area (Å²) in [6.45, 7) is 5.83. The molecule has 8 nitrogen and oxygen atoms in total. The van der Waals surface area contributed by atoms with Gasteiger partial charge in [-0.25, -0.2) is 10.3 Å². The second-order valence-corrected chi connectivity index (χ2v) is 6.35. The highest BCUT2D eigenvalue weighted by Crippen LogP contribution is 2.21. The van der Waals surface area contributed by atoms with Gasteiger partial charge in [0.15, 0.2) is 0 Å². The Labute approximate surface area is 130 Å². The van der Waals surface area contributed by atoms with Gasteiger partial charge in [-0.05, 0) is 33.6 Å². The number of carbonyl (C=O) groups excluding carboxylic acids is 3. The van der Waals surface area contributed by atoms with Gasteiger partial charge in [-0.2, -0.15) is 0 Å². The van der Waals surface area contributed by atoms with E-state index in [9.17, 15) is 14.4 Å². The standard InChI is InChI=1S/C14H25N3O5/c1-14(2,3)22-13(20)15-10(11(18)16-21-5)8-9-6-7-17(4)12(9)19/h9-10H,6-8H2,1-5H3,(H,15,20)(H,16,18)/t9?,10-/m0/s1. The van der Waals surface area contributed by atoms with Crippen LogP contribution in [0.2, 0.25) is 0 Å². The molecule has 1 heterocycles. The average Bonchev–Trinajstić information content (AvgIpc) is 2.68. The van der Waals surface area contributed by atoms with Crippen molar-refractivity contribution in [3.8, 4) is 0 Å². The summed E-state index contributed by atoms with van der Waals surface area (Å²) >= 11 is 0. The van der Waals surface area contributed by atoms with Crippen molar-refractivity contribution in [1.29, 1.82) is 0 Å². The molecule has 2 atom stereocenters. The lowest BCUT2D eigenvalue weighted by molar-refractivity contribution is -0.135. The maximum atomic E-state index is 12.0. The van der Waals surface area contributed by atoms with Crippen LogP contribution in [-0.2, 0) is 19.2 Å². The van der Waals surface area contributed by atoms with E-state index in [1.807, 2.05) is 0 Å². The van der Waals surface area contributed by atoms with E-state index in [2.05, 4.69) is 15.6 Å². The van der Waals surface area contributed by atoms with Crippen LogP contribution in [0.4, 0.5) is 4.79 Å². The summed E-state index contributed by atoms with van der Waals surface area (Å²) in [7, 11) is 3.02. The van der Waals surface area contributed by atoms with Crippen molar-refractivity contribution < 1.29 is 24.0 Å². The van der Waals surface area contributed by atoms with Crippen LogP contribution in [0.3, 0.4) is 0 Å². The minimum absolute atomic E-state index is 0.0267. The number of likely N-dealkylation sites (tertiary alicyclic amines) is 1. The van der Waals surface area contributed by atoms with Gasteiger partial charge in [0.25, 0.3) is 5.91 Å². The Morgan fingerprint density at radius 3 is 2.50 bits per heavy atom. The van der Waals surface area contributed by atoms with Crippen molar-refractivity contribution in [3.63, 3.8) is 0 Å². The molecule has 126 valence electrons. The number of rotatable bonds is 5. The Morgan fingerprint density at radius 1 is 1.41 bits per heavy atom. The fraction of sp³-hybridized carbons (Fsp3) is 0.786. The molecule has 1 fully saturated rings. The van der Waals surface area contributed by atoms with Crippen LogP contribution >= 0.6 is 0 Å². The first-order chi connectivity index (χ1) is 10.1. The van der Waals surface area contributed by atoms with Gasteiger partial charge in [0, 0.05) is 19.5 Å². The molecule has 1 aliphatic rings. The van der Waals surface area contributed by atoms with E-state index in [4.69, 9.17) is 4.74 Å². The van der Waals surface area contributed by atoms with Crippen molar-refractivity contribution >= 4 is 17.9 Å². The van der Waals surface area contributed by atoms with Gasteiger partial charge in [0.05, 0.1) is 7.11 Å². The second-order valence-electron chi connectivity index (χ2n) is 6.35. The number of hydrogen-bond acceptors (Lipinski definition) is 5. The van der Waals surface area contributed by atoms with Gasteiger partial charge in [0.2, 0.25) is 5.91 Å². The Morgan fingerprint density at radius 2 is 2.05 bits per heavy atom. The molecule has 0 radical (unpaired) electrons. The second kappa shape index (κ2) is 7.44. The molecule has 0 aromatic carbocycles. The first-order valence-electron chi connectivity index (χ1n) is 7.21. The van der Waals surface area contributed by atoms with Gasteiger partial charge in [0.1, 0.15) is 11.6 Å². The summed E-state index contributed by atoms with van der Waals surface area (Å²) < 4.78 is 5.14. The van der Waals surface area contributed by atoms with E-state index in [0.29, 0.717) is 13.0 Å². The molecule has 0 bridgehead atoms. The summed E-state index contributed by atoms with van der Waals surface area (Å²) in [6, 6.07) is -0.893. The third-order valence-corrected chi connectivity index (χ3v) is 3.27. The van der Waals surface area contributed by atoms with Crippen LogP contribution < -0.4 is 10.8 Å². The highest BCUT2D eigenvalue weighted by molar-refractivity contribution is 5.87. The number of hydroxylamine groups is 1. The Bertz CT molecular complexity index is 433. The van der Waals surface area contributed by atoms with Gasteiger partial charge in [-0.1, -0.05) is 0 Å². The van der Waals surface area contributed by atoms with Crippen molar-refractivity contribution in [3.05, 3.63) is 0 Å². The van der Waals surface area contributed by atoms with Crippen molar-refractivity contribution in [1.82, 2.24) is 15.7 Å². The van der Waals surface area contributed by atoms with Crippen LogP contribution in [0.1, 0.15) is 33.6 Å². The number of alkyl carbamates (subject to hydrolysis) is 1. The molecule has 1 unspecified atom stereocenters. The van der Waals surface area contributed by atoms with Crippen molar-refractivity contribution in [2.45, 2.75) is 45.3 Å². The number of ether oxygens (including phenoxy) is 1. The topological polar surface area (TPSA) is 97.0 Å². The van der Waals surface area contributed by atoms with E-state index >= 15 is 0 Å². The predicted octanol–water partition coefficient (Wildman–Crippen LogP) is 0.426. The SMILES string of the molecule is CONC(=O)[C@H](CC1CCN(C)C1=O)NC(=O)OC(C)(C)C. The largest absolute Gasteiger partial charge is 0.444 e. The first kappa shape index (κ1) is 18.2. The van der Waals surface area contributed by atoms with E-state index in [1.165, 1.54) is 7.11 Å². The Kier molecular flexibility index (Phi) is 6.16. The van der Waals surface area contributed by atoms with Crippen molar-refractivity contribution in [2.75, 3.05) is 20.7 Å². The maximum absolute atomic E-state index is 12.0. The van der Waals surface area contributed by atoms with Gasteiger partial charge in [-0.15, -0.1) is 0 Å². The maximum Gasteiger partial charge on any atom is 0.408 e. The van der Waals surface area contributed by atoms with E-state index in [1.54, 1.807) is 32.7 Å². The summed E-state index contributed by atoms with van der Waals surface area (Å²) in [5.41, 5.74) is 1.51. The molecule has 1 saturated heterocycles. The number of amides is 3. The molecule has 2 N–H and O–H groups in total. The summed E-state index contributed by atoms with van der Waals surface area (Å²) in [4.78, 5) is 42.0. The predicted molar refractivity (Wildman–Crippen MR) is 78.7 cm³/mol. The Hall–Kier alpha value is -1.83. The quantitative estimate of drug-likeness (QED) is 0.717. The molecule has 1 aliphatic heterocycles. The van der Waals surface area contributed by atoms with Crippen LogP contribution in [0.15, 0.2) is 0 Å². The van der Waals surface area contributed by atoms with Crippen LogP contribution in [-0.4, -0.2) is 55.2 Å². The molecular weight excluding hydrogens is 290 g/mol. The van der Waals surface area contributed by atoms with Crippen LogP contribution in [0, 0.1) is 5.92 Å². The Balaban J connectivity index is 2.70. The van der Waals surface area contributed by atoms with Crippen LogP contribution in [0.5, 0.6) is 0 Å². The zero-order chi connectivity index (χ0) is 16.9. The monoisotopic (exact) mass is 315 g/mol. The highest BCUT2D eigenvalue weighted by atomic mass is 16.6. The molecule has 22 heavy (non-hydrogen) atoms. The molecule has 0 aromatic heterocycles. The summed E-state index contributed by atoms with van der Waals surface area (Å²) in [5.74, 6) is -0.843. The smallest absolute Gasteiger partial charge is 0.408 e. The number of hydrogen-bond donors (Lipinski definition) is 2. The summed E-state index contributed by atoms with van der Waals surface area (Å²) in [5, 5.41) is 2.50. The van der Waals surface area contributed by atoms with Gasteiger partial charge >= 0.3 is 6.09 Å². The lowest BCUT2D eigenvalue weighted by atomic mass is 9.98.